The van der Waals surface area contributed by atoms with E-state index in [2.05, 4.69) is 21.7 Å². The lowest BCUT2D eigenvalue weighted by molar-refractivity contribution is -0.182. The van der Waals surface area contributed by atoms with Gasteiger partial charge in [-0.05, 0) is 158 Å². The molecule has 6 amide bonds. The van der Waals surface area contributed by atoms with Gasteiger partial charge >= 0.3 is 0 Å². The molecule has 6 aliphatic rings. The predicted molar refractivity (Wildman–Crippen MR) is 358 cm³/mol. The molecule has 2 aliphatic heterocycles. The number of carbonyl (C=O) groups is 6. The highest BCUT2D eigenvalue weighted by Gasteiger charge is 2.55. The van der Waals surface area contributed by atoms with Crippen LogP contribution in [0.25, 0.3) is 0 Å². The number of ether oxygens (including phenoxy) is 2. The number of nitrogens with zero attached hydrogens (tertiary/aromatic N) is 4. The van der Waals surface area contributed by atoms with Crippen LogP contribution in [0.4, 0.5) is 20.2 Å². The van der Waals surface area contributed by atoms with Gasteiger partial charge in [-0.15, -0.1) is 0 Å². The molecule has 0 radical (unpaired) electrons. The van der Waals surface area contributed by atoms with E-state index in [4.69, 9.17) is 55.9 Å². The molecule has 96 heavy (non-hydrogen) atoms. The Hall–Kier alpha value is -7.42. The van der Waals surface area contributed by atoms with Gasteiger partial charge in [0.2, 0.25) is 43.7 Å². The van der Waals surface area contributed by atoms with Crippen molar-refractivity contribution < 1.29 is 63.9 Å². The zero-order valence-corrected chi connectivity index (χ0v) is 56.7. The summed E-state index contributed by atoms with van der Waals surface area (Å²) in [7, 11) is -7.97. The number of hydrazine groups is 2. The summed E-state index contributed by atoms with van der Waals surface area (Å²) in [6.45, 7) is 2.06. The second-order valence-electron chi connectivity index (χ2n) is 24.8. The second kappa shape index (κ2) is 29.7. The first-order chi connectivity index (χ1) is 45.9. The summed E-state index contributed by atoms with van der Waals surface area (Å²) in [6.07, 6.45) is -0.483. The summed E-state index contributed by atoms with van der Waals surface area (Å²) in [5.41, 5.74) is 11.4. The van der Waals surface area contributed by atoms with Crippen LogP contribution in [0, 0.1) is 23.5 Å². The quantitative estimate of drug-likeness (QED) is 0.0463. The average Bonchev–Trinajstić information content (AvgIpc) is 1.31. The van der Waals surface area contributed by atoms with Crippen LogP contribution in [-0.2, 0) is 58.3 Å². The van der Waals surface area contributed by atoms with Crippen molar-refractivity contribution in [2.24, 2.45) is 11.8 Å². The molecule has 6 aromatic rings. The summed E-state index contributed by atoms with van der Waals surface area (Å²) in [6, 6.07) is 36.2. The van der Waals surface area contributed by atoms with E-state index in [1.807, 2.05) is 0 Å². The first kappa shape index (κ1) is 69.9. The van der Waals surface area contributed by atoms with Crippen molar-refractivity contribution in [2.75, 3.05) is 21.7 Å². The lowest BCUT2D eigenvalue weighted by Crippen LogP contribution is -2.59. The molecule has 2 saturated heterocycles. The Balaban J connectivity index is 0.000000195. The van der Waals surface area contributed by atoms with E-state index in [0.717, 1.165) is 8.61 Å². The number of nitrogens with one attached hydrogen (secondary N) is 4. The van der Waals surface area contributed by atoms with Crippen LogP contribution in [-0.4, -0.2) is 110 Å². The van der Waals surface area contributed by atoms with Crippen LogP contribution in [0.5, 0.6) is 0 Å². The lowest BCUT2D eigenvalue weighted by atomic mass is 9.89. The predicted octanol–water partition coefficient (Wildman–Crippen LogP) is 11.0. The molecule has 28 heteroatoms. The topological polar surface area (TPSA) is 250 Å². The van der Waals surface area contributed by atoms with E-state index in [1.54, 1.807) is 119 Å². The standard InChI is InChI=1S/2C34H35Cl2FN4O6S/c2*1-20(42)38-39-31(43)18-30-34(44)41(32(22-11-13-24(35)14-12-22)33(47-30)23-5-4-6-25(36)17-23)29(21-9-10-21)19-40(48(45,46)26-15-16-26)28-8-3-2-7-27(28)37/h2*2-8,11-14,17,21,26,29-30,32-33H,9-10,15-16,18-19H2,1H3,(H,38,42)(H,39,43)/t29-,30+,32-,33-;29-,30-,32-,33-/m11/s1. The summed E-state index contributed by atoms with van der Waals surface area (Å²) < 4.78 is 102. The van der Waals surface area contributed by atoms with Gasteiger partial charge in [-0.3, -0.25) is 59.1 Å². The Bertz CT molecular complexity index is 3870. The molecule has 8 atom stereocenters. The number of rotatable bonds is 22. The molecule has 12 rings (SSSR count). The monoisotopic (exact) mass is 1430 g/mol. The van der Waals surface area contributed by atoms with Gasteiger partial charge in [0.25, 0.3) is 11.8 Å². The summed E-state index contributed by atoms with van der Waals surface area (Å²) in [4.78, 5) is 81.4. The maximum absolute atomic E-state index is 15.4. The van der Waals surface area contributed by atoms with E-state index >= 15 is 8.78 Å². The van der Waals surface area contributed by atoms with Crippen molar-refractivity contribution in [2.45, 2.75) is 137 Å². The molecule has 0 unspecified atom stereocenters. The number of amides is 6. The first-order valence-corrected chi connectivity index (χ1v) is 36.0. The summed E-state index contributed by atoms with van der Waals surface area (Å²) in [5.74, 6) is -5.01. The van der Waals surface area contributed by atoms with Crippen LogP contribution in [0.15, 0.2) is 146 Å². The molecule has 0 bridgehead atoms. The number of morpholine rings is 2. The highest BCUT2D eigenvalue weighted by Crippen LogP contribution is 2.52. The SMILES string of the molecule is CC(=O)NNC(=O)C[C@@H]1O[C@H](c2cccc(Cl)c2)[C@@H](c2ccc(Cl)cc2)N([C@H](CN(c2ccccc2F)S(=O)(=O)C2CC2)C2CC2)C1=O.CC(=O)NNC(=O)C[C@H]1O[C@H](c2cccc(Cl)c2)[C@@H](c2ccc(Cl)cc2)N([C@H](CN(c2ccccc2F)S(=O)(=O)C2CC2)C2CC2)C1=O. The number of sulfonamides is 2. The number of hydrogen-bond acceptors (Lipinski definition) is 12. The minimum Gasteiger partial charge on any atom is -0.357 e. The van der Waals surface area contributed by atoms with Crippen molar-refractivity contribution in [3.05, 3.63) is 200 Å². The molecule has 4 saturated carbocycles. The van der Waals surface area contributed by atoms with Gasteiger partial charge in [-0.1, -0.05) is 119 Å². The highest BCUT2D eigenvalue weighted by atomic mass is 35.5. The van der Waals surface area contributed by atoms with Crippen LogP contribution in [0.2, 0.25) is 20.1 Å². The fourth-order valence-corrected chi connectivity index (χ4v) is 16.9. The Morgan fingerprint density at radius 2 is 0.833 bits per heavy atom. The van der Waals surface area contributed by atoms with Crippen LogP contribution in [0.3, 0.4) is 0 Å². The van der Waals surface area contributed by atoms with E-state index in [9.17, 15) is 45.6 Å². The summed E-state index contributed by atoms with van der Waals surface area (Å²) >= 11 is 25.4. The van der Waals surface area contributed by atoms with Crippen molar-refractivity contribution in [3.63, 3.8) is 0 Å². The molecule has 508 valence electrons. The Kier molecular flexibility index (Phi) is 21.7. The fourth-order valence-electron chi connectivity index (χ4n) is 12.5. The molecular formula is C68H70Cl4F2N8O12S2. The molecule has 6 fully saturated rings. The Morgan fingerprint density at radius 1 is 0.479 bits per heavy atom. The molecule has 6 aromatic carbocycles. The van der Waals surface area contributed by atoms with Gasteiger partial charge in [0.1, 0.15) is 36.1 Å². The van der Waals surface area contributed by atoms with Gasteiger partial charge in [0.15, 0.2) is 0 Å². The van der Waals surface area contributed by atoms with Crippen LogP contribution < -0.4 is 30.3 Å². The normalized spacial score (nSPS) is 21.8. The van der Waals surface area contributed by atoms with Crippen molar-refractivity contribution >= 4 is 113 Å². The third-order valence-corrected chi connectivity index (χ3v) is 23.2. The second-order valence-corrected chi connectivity index (χ2v) is 30.8. The molecule has 0 spiro atoms. The van der Waals surface area contributed by atoms with E-state index in [0.29, 0.717) is 93.7 Å². The minimum atomic E-state index is -3.98. The molecular weight excluding hydrogens is 1360 g/mol. The molecule has 4 aliphatic carbocycles. The van der Waals surface area contributed by atoms with Gasteiger partial charge < -0.3 is 19.3 Å². The third kappa shape index (κ3) is 16.4. The number of benzene rings is 6. The summed E-state index contributed by atoms with van der Waals surface area (Å²) in [5, 5.41) is 0.506. The zero-order chi connectivity index (χ0) is 68.3. The molecule has 20 nitrogen and oxygen atoms in total. The smallest absolute Gasteiger partial charge is 0.253 e. The maximum Gasteiger partial charge on any atom is 0.253 e. The minimum absolute atomic E-state index is 0.0866. The third-order valence-electron chi connectivity index (χ3n) is 17.6. The van der Waals surface area contributed by atoms with Gasteiger partial charge in [0.05, 0.1) is 72.0 Å². The number of carbonyl (C=O) groups excluding carboxylic acids is 6. The molecule has 0 aromatic heterocycles. The first-order valence-electron chi connectivity index (χ1n) is 31.5. The van der Waals surface area contributed by atoms with E-state index < -0.39 is 139 Å². The Labute approximate surface area is 575 Å². The number of para-hydroxylation sites is 2. The number of anilines is 2. The van der Waals surface area contributed by atoms with Gasteiger partial charge in [0, 0.05) is 33.9 Å². The lowest BCUT2D eigenvalue weighted by Gasteiger charge is -2.49. The average molecular weight is 1440 g/mol. The largest absolute Gasteiger partial charge is 0.357 e. The number of hydrogen-bond donors (Lipinski definition) is 4. The molecule has 2 heterocycles. The fraction of sp³-hybridized carbons (Fsp3) is 0.382. The van der Waals surface area contributed by atoms with Crippen molar-refractivity contribution in [1.29, 1.82) is 0 Å². The van der Waals surface area contributed by atoms with E-state index in [1.165, 1.54) is 50.2 Å². The zero-order valence-electron chi connectivity index (χ0n) is 52.0. The number of halogens is 6. The maximum atomic E-state index is 15.4. The van der Waals surface area contributed by atoms with Crippen molar-refractivity contribution in [3.8, 4) is 0 Å². The van der Waals surface area contributed by atoms with Crippen LogP contribution >= 0.6 is 46.4 Å². The van der Waals surface area contributed by atoms with E-state index in [-0.39, 0.29) is 36.3 Å². The van der Waals surface area contributed by atoms with Crippen LogP contribution in [0.1, 0.15) is 125 Å². The van der Waals surface area contributed by atoms with Gasteiger partial charge in [-0.25, -0.2) is 25.6 Å². The highest BCUT2D eigenvalue weighted by molar-refractivity contribution is 7.94. The Morgan fingerprint density at radius 3 is 1.15 bits per heavy atom. The molecule has 4 N–H and O–H groups in total. The van der Waals surface area contributed by atoms with Gasteiger partial charge in [-0.2, -0.15) is 0 Å². The van der Waals surface area contributed by atoms with Crippen molar-refractivity contribution in [1.82, 2.24) is 31.5 Å².